The van der Waals surface area contributed by atoms with Gasteiger partial charge in [-0.25, -0.2) is 9.37 Å². The lowest BCUT2D eigenvalue weighted by atomic mass is 10.1. The average molecular weight is 231 g/mol. The van der Waals surface area contributed by atoms with Gasteiger partial charge in [-0.2, -0.15) is 0 Å². The molecule has 0 aliphatic carbocycles. The molecule has 2 unspecified atom stereocenters. The highest BCUT2D eigenvalue weighted by molar-refractivity contribution is 6.30. The smallest absolute Gasteiger partial charge is 0.166 e. The minimum atomic E-state index is -0.429. The minimum Gasteiger partial charge on any atom is -0.376 e. The van der Waals surface area contributed by atoms with E-state index in [2.05, 4.69) is 10.3 Å². The van der Waals surface area contributed by atoms with Gasteiger partial charge in [0.1, 0.15) is 0 Å². The Morgan fingerprint density at radius 2 is 2.47 bits per heavy atom. The van der Waals surface area contributed by atoms with Crippen molar-refractivity contribution in [3.05, 3.63) is 23.1 Å². The highest BCUT2D eigenvalue weighted by Gasteiger charge is 2.25. The number of hydrogen-bond donors (Lipinski definition) is 1. The average Bonchev–Trinajstić information content (AvgIpc) is 2.57. The number of nitrogens with zero attached hydrogens (tertiary/aromatic N) is 1. The van der Waals surface area contributed by atoms with Crippen LogP contribution in [0.4, 0.5) is 10.2 Å². The zero-order valence-electron chi connectivity index (χ0n) is 8.34. The number of anilines is 1. The lowest BCUT2D eigenvalue weighted by Gasteiger charge is -2.16. The molecule has 1 aromatic heterocycles. The van der Waals surface area contributed by atoms with Gasteiger partial charge in [0.05, 0.1) is 17.2 Å². The summed E-state index contributed by atoms with van der Waals surface area (Å²) in [6.45, 7) is 2.66. The number of hydrogen-bond acceptors (Lipinski definition) is 3. The molecule has 1 aromatic rings. The molecule has 2 rings (SSSR count). The monoisotopic (exact) mass is 230 g/mol. The second-order valence-electron chi connectivity index (χ2n) is 3.60. The van der Waals surface area contributed by atoms with Crippen molar-refractivity contribution < 1.29 is 9.13 Å². The van der Waals surface area contributed by atoms with E-state index in [0.29, 0.717) is 11.6 Å². The summed E-state index contributed by atoms with van der Waals surface area (Å²) >= 11 is 5.61. The minimum absolute atomic E-state index is 0.0851. The van der Waals surface area contributed by atoms with Gasteiger partial charge >= 0.3 is 0 Å². The van der Waals surface area contributed by atoms with E-state index in [9.17, 15) is 4.39 Å². The molecule has 0 aromatic carbocycles. The van der Waals surface area contributed by atoms with Crippen LogP contribution in [0.3, 0.4) is 0 Å². The van der Waals surface area contributed by atoms with Crippen molar-refractivity contribution in [1.82, 2.24) is 4.98 Å². The quantitative estimate of drug-likeness (QED) is 0.848. The lowest BCUT2D eigenvalue weighted by Crippen LogP contribution is -2.27. The van der Waals surface area contributed by atoms with E-state index < -0.39 is 5.82 Å². The SMILES string of the molecule is CC1OCCC1Nc1ncc(Cl)cc1F. The third-order valence-corrected chi connectivity index (χ3v) is 2.71. The summed E-state index contributed by atoms with van der Waals surface area (Å²) in [5, 5.41) is 3.32. The van der Waals surface area contributed by atoms with Crippen LogP contribution in [0.1, 0.15) is 13.3 Å². The van der Waals surface area contributed by atoms with E-state index in [4.69, 9.17) is 16.3 Å². The van der Waals surface area contributed by atoms with Gasteiger partial charge in [0.25, 0.3) is 0 Å². The summed E-state index contributed by atoms with van der Waals surface area (Å²) in [7, 11) is 0. The van der Waals surface area contributed by atoms with Crippen molar-refractivity contribution >= 4 is 17.4 Å². The Balaban J connectivity index is 2.10. The first kappa shape index (κ1) is 10.6. The van der Waals surface area contributed by atoms with Gasteiger partial charge in [-0.3, -0.25) is 0 Å². The molecule has 1 N–H and O–H groups in total. The predicted octanol–water partition coefficient (Wildman–Crippen LogP) is 2.46. The van der Waals surface area contributed by atoms with Crippen molar-refractivity contribution in [2.75, 3.05) is 11.9 Å². The molecule has 0 amide bonds. The summed E-state index contributed by atoms with van der Waals surface area (Å²) in [6, 6.07) is 1.37. The highest BCUT2D eigenvalue weighted by atomic mass is 35.5. The van der Waals surface area contributed by atoms with Crippen molar-refractivity contribution in [1.29, 1.82) is 0 Å². The Morgan fingerprint density at radius 3 is 3.07 bits per heavy atom. The Bertz CT molecular complexity index is 361. The van der Waals surface area contributed by atoms with Gasteiger partial charge in [-0.05, 0) is 19.4 Å². The van der Waals surface area contributed by atoms with Crippen molar-refractivity contribution in [3.63, 3.8) is 0 Å². The van der Waals surface area contributed by atoms with Crippen LogP contribution in [0, 0.1) is 5.82 Å². The molecule has 82 valence electrons. The topological polar surface area (TPSA) is 34.1 Å². The molecule has 0 spiro atoms. The number of aromatic nitrogens is 1. The highest BCUT2D eigenvalue weighted by Crippen LogP contribution is 2.21. The second-order valence-corrected chi connectivity index (χ2v) is 4.04. The van der Waals surface area contributed by atoms with Gasteiger partial charge in [-0.1, -0.05) is 11.6 Å². The van der Waals surface area contributed by atoms with E-state index in [1.807, 2.05) is 6.92 Å². The van der Waals surface area contributed by atoms with Crippen molar-refractivity contribution in [2.24, 2.45) is 0 Å². The standard InChI is InChI=1S/C10H12ClFN2O/c1-6-9(2-3-15-6)14-10-8(12)4-7(11)5-13-10/h4-6,9H,2-3H2,1H3,(H,13,14). The molecule has 2 atom stereocenters. The summed E-state index contributed by atoms with van der Waals surface area (Å²) in [4.78, 5) is 3.90. The normalized spacial score (nSPS) is 25.5. The van der Waals surface area contributed by atoms with Crippen LogP contribution in [-0.2, 0) is 4.74 Å². The maximum atomic E-state index is 13.4. The third kappa shape index (κ3) is 2.38. The van der Waals surface area contributed by atoms with Crippen LogP contribution < -0.4 is 5.32 Å². The fraction of sp³-hybridized carbons (Fsp3) is 0.500. The molecule has 5 heteroatoms. The molecule has 0 radical (unpaired) electrons. The van der Waals surface area contributed by atoms with Crippen molar-refractivity contribution in [2.45, 2.75) is 25.5 Å². The zero-order valence-corrected chi connectivity index (χ0v) is 9.09. The largest absolute Gasteiger partial charge is 0.376 e. The first-order valence-corrected chi connectivity index (χ1v) is 5.24. The Kier molecular flexibility index (Phi) is 3.07. The van der Waals surface area contributed by atoms with Crippen LogP contribution in [0.15, 0.2) is 12.3 Å². The molecule has 0 bridgehead atoms. The van der Waals surface area contributed by atoms with E-state index in [1.165, 1.54) is 12.3 Å². The van der Waals surface area contributed by atoms with Crippen LogP contribution >= 0.6 is 11.6 Å². The van der Waals surface area contributed by atoms with E-state index in [1.54, 1.807) is 0 Å². The van der Waals surface area contributed by atoms with Gasteiger partial charge in [0.15, 0.2) is 11.6 Å². The molecule has 3 nitrogen and oxygen atoms in total. The number of halogens is 2. The predicted molar refractivity (Wildman–Crippen MR) is 56.6 cm³/mol. The first-order chi connectivity index (χ1) is 7.16. The summed E-state index contributed by atoms with van der Waals surface area (Å²) < 4.78 is 18.7. The number of pyridine rings is 1. The van der Waals surface area contributed by atoms with E-state index in [-0.39, 0.29) is 18.0 Å². The Labute approximate surface area is 92.6 Å². The number of ether oxygens (including phenoxy) is 1. The van der Waals surface area contributed by atoms with Gasteiger partial charge < -0.3 is 10.1 Å². The fourth-order valence-electron chi connectivity index (χ4n) is 1.62. The van der Waals surface area contributed by atoms with Crippen LogP contribution in [0.5, 0.6) is 0 Å². The summed E-state index contributed by atoms with van der Waals surface area (Å²) in [5.74, 6) is -0.191. The fourth-order valence-corrected chi connectivity index (χ4v) is 1.76. The molecule has 1 fully saturated rings. The molecule has 1 saturated heterocycles. The molecule has 15 heavy (non-hydrogen) atoms. The molecule has 0 saturated carbocycles. The van der Waals surface area contributed by atoms with Gasteiger partial charge in [-0.15, -0.1) is 0 Å². The second kappa shape index (κ2) is 4.33. The lowest BCUT2D eigenvalue weighted by molar-refractivity contribution is 0.121. The summed E-state index contributed by atoms with van der Waals surface area (Å²) in [5.41, 5.74) is 0. The molecular formula is C10H12ClFN2O. The third-order valence-electron chi connectivity index (χ3n) is 2.51. The van der Waals surface area contributed by atoms with Crippen LogP contribution in [-0.4, -0.2) is 23.7 Å². The number of nitrogens with one attached hydrogen (secondary N) is 1. The Hall–Kier alpha value is -0.870. The molecular weight excluding hydrogens is 219 g/mol. The Morgan fingerprint density at radius 1 is 1.67 bits per heavy atom. The van der Waals surface area contributed by atoms with Crippen LogP contribution in [0.2, 0.25) is 5.02 Å². The van der Waals surface area contributed by atoms with Gasteiger partial charge in [0.2, 0.25) is 0 Å². The molecule has 1 aliphatic rings. The molecule has 1 aliphatic heterocycles. The van der Waals surface area contributed by atoms with E-state index >= 15 is 0 Å². The maximum Gasteiger partial charge on any atom is 0.166 e. The maximum absolute atomic E-state index is 13.4. The number of rotatable bonds is 2. The van der Waals surface area contributed by atoms with Gasteiger partial charge in [0, 0.05) is 12.8 Å². The van der Waals surface area contributed by atoms with Crippen LogP contribution in [0.25, 0.3) is 0 Å². The summed E-state index contributed by atoms with van der Waals surface area (Å²) in [6.07, 6.45) is 2.38. The van der Waals surface area contributed by atoms with E-state index in [0.717, 1.165) is 6.42 Å². The van der Waals surface area contributed by atoms with Crippen molar-refractivity contribution in [3.8, 4) is 0 Å². The first-order valence-electron chi connectivity index (χ1n) is 4.86. The molecule has 2 heterocycles. The zero-order chi connectivity index (χ0) is 10.8.